The Morgan fingerprint density at radius 1 is 1.48 bits per heavy atom. The van der Waals surface area contributed by atoms with Crippen LogP contribution >= 0.6 is 11.6 Å². The minimum absolute atomic E-state index is 0.264. The van der Waals surface area contributed by atoms with E-state index in [-0.39, 0.29) is 12.2 Å². The second-order valence-corrected chi connectivity index (χ2v) is 6.47. The fourth-order valence-electron chi connectivity index (χ4n) is 2.13. The molecule has 0 aromatic heterocycles. The van der Waals surface area contributed by atoms with Crippen LogP contribution in [0.2, 0.25) is 5.02 Å². The number of hydrogen-bond donors (Lipinski definition) is 1. The number of rotatable bonds is 1. The lowest BCUT2D eigenvalue weighted by Gasteiger charge is -2.34. The summed E-state index contributed by atoms with van der Waals surface area (Å²) in [7, 11) is 0. The number of nitrogen functional groups attached to an aromatic ring is 1. The molecule has 0 spiro atoms. The highest BCUT2D eigenvalue weighted by Gasteiger charge is 2.29. The van der Waals surface area contributed by atoms with Crippen LogP contribution in [0.5, 0.6) is 0 Å². The van der Waals surface area contributed by atoms with Crippen LogP contribution in [-0.4, -0.2) is 36.3 Å². The number of anilines is 1. The number of benzene rings is 1. The van der Waals surface area contributed by atoms with Crippen molar-refractivity contribution >= 4 is 23.4 Å². The lowest BCUT2D eigenvalue weighted by atomic mass is 10.1. The van der Waals surface area contributed by atoms with E-state index in [0.29, 0.717) is 30.4 Å². The largest absolute Gasteiger partial charge is 0.444 e. The molecule has 1 amide bonds. The smallest absolute Gasteiger partial charge is 0.410 e. The topological polar surface area (TPSA) is 64.8 Å². The van der Waals surface area contributed by atoms with Crippen LogP contribution in [0.1, 0.15) is 32.4 Å². The van der Waals surface area contributed by atoms with Gasteiger partial charge in [0, 0.05) is 22.8 Å². The molecule has 1 aliphatic rings. The Bertz CT molecular complexity index is 528. The molecule has 1 aromatic carbocycles. The van der Waals surface area contributed by atoms with Crippen molar-refractivity contribution in [3.63, 3.8) is 0 Å². The Labute approximate surface area is 130 Å². The van der Waals surface area contributed by atoms with Gasteiger partial charge in [-0.05, 0) is 32.9 Å². The summed E-state index contributed by atoms with van der Waals surface area (Å²) >= 11 is 6.20. The van der Waals surface area contributed by atoms with E-state index in [1.54, 1.807) is 17.0 Å². The van der Waals surface area contributed by atoms with Crippen LogP contribution in [0.4, 0.5) is 10.5 Å². The number of carbonyl (C=O) groups is 1. The van der Waals surface area contributed by atoms with Crippen molar-refractivity contribution in [2.45, 2.75) is 32.5 Å². The summed E-state index contributed by atoms with van der Waals surface area (Å²) in [5, 5.41) is 0.547. The number of amides is 1. The van der Waals surface area contributed by atoms with Crippen molar-refractivity contribution in [2.75, 3.05) is 25.4 Å². The molecule has 116 valence electrons. The van der Waals surface area contributed by atoms with Crippen molar-refractivity contribution in [1.29, 1.82) is 0 Å². The monoisotopic (exact) mass is 312 g/mol. The van der Waals surface area contributed by atoms with E-state index in [0.717, 1.165) is 5.56 Å². The first-order valence-corrected chi connectivity index (χ1v) is 7.28. The van der Waals surface area contributed by atoms with Gasteiger partial charge in [0.2, 0.25) is 0 Å². The quantitative estimate of drug-likeness (QED) is 0.809. The van der Waals surface area contributed by atoms with Crippen molar-refractivity contribution in [3.8, 4) is 0 Å². The Morgan fingerprint density at radius 3 is 2.81 bits per heavy atom. The average Bonchev–Trinajstić information content (AvgIpc) is 2.37. The molecule has 1 unspecified atom stereocenters. The number of nitrogens with two attached hydrogens (primary N) is 1. The first-order chi connectivity index (χ1) is 9.76. The predicted molar refractivity (Wildman–Crippen MR) is 82.4 cm³/mol. The molecule has 0 aliphatic carbocycles. The Balaban J connectivity index is 2.08. The van der Waals surface area contributed by atoms with Gasteiger partial charge in [-0.25, -0.2) is 4.79 Å². The Hall–Kier alpha value is -1.46. The number of halogens is 1. The molecule has 0 bridgehead atoms. The fraction of sp³-hybridized carbons (Fsp3) is 0.533. The minimum Gasteiger partial charge on any atom is -0.444 e. The summed E-state index contributed by atoms with van der Waals surface area (Å²) in [4.78, 5) is 13.8. The third kappa shape index (κ3) is 4.25. The number of hydrogen-bond acceptors (Lipinski definition) is 4. The van der Waals surface area contributed by atoms with Gasteiger partial charge in [-0.3, -0.25) is 0 Å². The molecule has 2 rings (SSSR count). The fourth-order valence-corrected chi connectivity index (χ4v) is 2.44. The van der Waals surface area contributed by atoms with Crippen molar-refractivity contribution in [1.82, 2.24) is 4.90 Å². The molecule has 1 saturated heterocycles. The van der Waals surface area contributed by atoms with Gasteiger partial charge >= 0.3 is 6.09 Å². The zero-order valence-corrected chi connectivity index (χ0v) is 13.3. The SMILES string of the molecule is CC(C)(C)OC(=O)N1CCOC(c2ccc(N)cc2Cl)C1. The van der Waals surface area contributed by atoms with Gasteiger partial charge in [-0.2, -0.15) is 0 Å². The standard InChI is InChI=1S/C15H21ClN2O3/c1-15(2,3)21-14(19)18-6-7-20-13(9-18)11-5-4-10(17)8-12(11)16/h4-5,8,13H,6-7,9,17H2,1-3H3. The first kappa shape index (κ1) is 15.9. The Kier molecular flexibility index (Phi) is 4.64. The third-order valence-corrected chi connectivity index (χ3v) is 3.42. The maximum Gasteiger partial charge on any atom is 0.410 e. The molecule has 0 saturated carbocycles. The minimum atomic E-state index is -0.510. The van der Waals surface area contributed by atoms with E-state index in [4.69, 9.17) is 26.8 Å². The average molecular weight is 313 g/mol. The van der Waals surface area contributed by atoms with E-state index in [1.165, 1.54) is 0 Å². The normalized spacial score (nSPS) is 19.4. The summed E-state index contributed by atoms with van der Waals surface area (Å²) in [5.74, 6) is 0. The number of ether oxygens (including phenoxy) is 2. The molecule has 21 heavy (non-hydrogen) atoms. The highest BCUT2D eigenvalue weighted by atomic mass is 35.5. The van der Waals surface area contributed by atoms with Crippen molar-refractivity contribution in [3.05, 3.63) is 28.8 Å². The Morgan fingerprint density at radius 2 is 2.19 bits per heavy atom. The van der Waals surface area contributed by atoms with E-state index < -0.39 is 5.60 Å². The molecular weight excluding hydrogens is 292 g/mol. The van der Waals surface area contributed by atoms with Crippen LogP contribution in [0.15, 0.2) is 18.2 Å². The van der Waals surface area contributed by atoms with Gasteiger partial charge in [0.05, 0.1) is 13.2 Å². The molecule has 1 aromatic rings. The van der Waals surface area contributed by atoms with Gasteiger partial charge < -0.3 is 20.1 Å². The van der Waals surface area contributed by atoms with Crippen LogP contribution in [0, 0.1) is 0 Å². The molecule has 1 atom stereocenters. The van der Waals surface area contributed by atoms with Crippen LogP contribution in [-0.2, 0) is 9.47 Å². The molecule has 0 radical (unpaired) electrons. The van der Waals surface area contributed by atoms with Gasteiger partial charge in [0.25, 0.3) is 0 Å². The molecule has 1 aliphatic heterocycles. The maximum atomic E-state index is 12.1. The van der Waals surface area contributed by atoms with Gasteiger partial charge in [-0.15, -0.1) is 0 Å². The zero-order chi connectivity index (χ0) is 15.6. The number of nitrogens with zero attached hydrogens (tertiary/aromatic N) is 1. The molecule has 2 N–H and O–H groups in total. The van der Waals surface area contributed by atoms with Crippen molar-refractivity contribution in [2.24, 2.45) is 0 Å². The summed E-state index contributed by atoms with van der Waals surface area (Å²) in [5.41, 5.74) is 6.62. The molecule has 5 nitrogen and oxygen atoms in total. The van der Waals surface area contributed by atoms with Crippen LogP contribution < -0.4 is 5.73 Å². The van der Waals surface area contributed by atoms with Crippen LogP contribution in [0.25, 0.3) is 0 Å². The first-order valence-electron chi connectivity index (χ1n) is 6.91. The summed E-state index contributed by atoms with van der Waals surface area (Å²) < 4.78 is 11.1. The van der Waals surface area contributed by atoms with E-state index in [9.17, 15) is 4.79 Å². The van der Waals surface area contributed by atoms with E-state index >= 15 is 0 Å². The maximum absolute atomic E-state index is 12.1. The second-order valence-electron chi connectivity index (χ2n) is 6.07. The zero-order valence-electron chi connectivity index (χ0n) is 12.6. The summed E-state index contributed by atoms with van der Waals surface area (Å²) in [6.07, 6.45) is -0.596. The van der Waals surface area contributed by atoms with Gasteiger partial charge in [-0.1, -0.05) is 17.7 Å². The van der Waals surface area contributed by atoms with E-state index in [2.05, 4.69) is 0 Å². The predicted octanol–water partition coefficient (Wildman–Crippen LogP) is 3.23. The second kappa shape index (κ2) is 6.12. The molecule has 1 heterocycles. The third-order valence-electron chi connectivity index (χ3n) is 3.09. The highest BCUT2D eigenvalue weighted by molar-refractivity contribution is 6.31. The van der Waals surface area contributed by atoms with Crippen molar-refractivity contribution < 1.29 is 14.3 Å². The summed E-state index contributed by atoms with van der Waals surface area (Å²) in [6, 6.07) is 5.30. The number of carbonyl (C=O) groups excluding carboxylic acids is 1. The van der Waals surface area contributed by atoms with Gasteiger partial charge in [0.1, 0.15) is 11.7 Å². The highest BCUT2D eigenvalue weighted by Crippen LogP contribution is 2.30. The number of morpholine rings is 1. The molecular formula is C15H21ClN2O3. The lowest BCUT2D eigenvalue weighted by Crippen LogP contribution is -2.44. The van der Waals surface area contributed by atoms with Gasteiger partial charge in [0.15, 0.2) is 0 Å². The summed E-state index contributed by atoms with van der Waals surface area (Å²) in [6.45, 7) is 6.92. The molecule has 1 fully saturated rings. The lowest BCUT2D eigenvalue weighted by molar-refractivity contribution is -0.0432. The van der Waals surface area contributed by atoms with E-state index in [1.807, 2.05) is 26.8 Å². The van der Waals surface area contributed by atoms with Crippen LogP contribution in [0.3, 0.4) is 0 Å². The molecule has 6 heteroatoms.